The number of aromatic nitrogens is 1. The topological polar surface area (TPSA) is 33.1 Å². The maximum atomic E-state index is 13.6. The van der Waals surface area contributed by atoms with Crippen LogP contribution in [0.5, 0.6) is 0 Å². The SMILES string of the molecule is CC(C)C(CO)c1nc(-c2ccccc2F)cs1. The van der Waals surface area contributed by atoms with Crippen molar-refractivity contribution in [2.45, 2.75) is 19.8 Å². The zero-order chi connectivity index (χ0) is 13.1. The molecule has 1 aromatic heterocycles. The smallest absolute Gasteiger partial charge is 0.132 e. The fourth-order valence-corrected chi connectivity index (χ4v) is 2.91. The van der Waals surface area contributed by atoms with E-state index in [1.165, 1.54) is 17.4 Å². The van der Waals surface area contributed by atoms with Crippen molar-refractivity contribution < 1.29 is 9.50 Å². The van der Waals surface area contributed by atoms with Gasteiger partial charge < -0.3 is 5.11 Å². The lowest BCUT2D eigenvalue weighted by Gasteiger charge is -2.14. The van der Waals surface area contributed by atoms with Gasteiger partial charge in [0.2, 0.25) is 0 Å². The second kappa shape index (κ2) is 5.59. The Labute approximate surface area is 110 Å². The van der Waals surface area contributed by atoms with Gasteiger partial charge in [0.1, 0.15) is 5.82 Å². The minimum absolute atomic E-state index is 0.0236. The Balaban J connectivity index is 2.34. The predicted molar refractivity (Wildman–Crippen MR) is 72.2 cm³/mol. The average Bonchev–Trinajstić information content (AvgIpc) is 2.79. The minimum Gasteiger partial charge on any atom is -0.396 e. The molecule has 96 valence electrons. The Morgan fingerprint density at radius 1 is 1.33 bits per heavy atom. The van der Waals surface area contributed by atoms with Crippen molar-refractivity contribution in [2.75, 3.05) is 6.61 Å². The van der Waals surface area contributed by atoms with Crippen molar-refractivity contribution in [1.82, 2.24) is 4.98 Å². The highest BCUT2D eigenvalue weighted by atomic mass is 32.1. The van der Waals surface area contributed by atoms with Gasteiger partial charge in [-0.3, -0.25) is 0 Å². The molecule has 0 radical (unpaired) electrons. The Morgan fingerprint density at radius 2 is 2.06 bits per heavy atom. The van der Waals surface area contributed by atoms with E-state index in [1.54, 1.807) is 18.2 Å². The quantitative estimate of drug-likeness (QED) is 0.914. The molecule has 4 heteroatoms. The molecule has 1 N–H and O–H groups in total. The van der Waals surface area contributed by atoms with Crippen molar-refractivity contribution >= 4 is 11.3 Å². The number of thiazole rings is 1. The summed E-state index contributed by atoms with van der Waals surface area (Å²) in [5.74, 6) is 0.0737. The molecule has 0 saturated carbocycles. The number of aliphatic hydroxyl groups excluding tert-OH is 1. The van der Waals surface area contributed by atoms with Crippen LogP contribution in [0.4, 0.5) is 4.39 Å². The first-order valence-electron chi connectivity index (χ1n) is 5.94. The van der Waals surface area contributed by atoms with E-state index in [0.717, 1.165) is 5.01 Å². The van der Waals surface area contributed by atoms with Gasteiger partial charge in [-0.1, -0.05) is 26.0 Å². The van der Waals surface area contributed by atoms with Crippen molar-refractivity contribution in [2.24, 2.45) is 5.92 Å². The van der Waals surface area contributed by atoms with Crippen LogP contribution >= 0.6 is 11.3 Å². The highest BCUT2D eigenvalue weighted by molar-refractivity contribution is 7.10. The number of hydrogen-bond donors (Lipinski definition) is 1. The summed E-state index contributed by atoms with van der Waals surface area (Å²) in [6.07, 6.45) is 0. The van der Waals surface area contributed by atoms with Crippen LogP contribution < -0.4 is 0 Å². The molecular formula is C14H16FNOS. The molecule has 0 aliphatic heterocycles. The number of hydrogen-bond acceptors (Lipinski definition) is 3. The largest absolute Gasteiger partial charge is 0.396 e. The Morgan fingerprint density at radius 3 is 2.67 bits per heavy atom. The predicted octanol–water partition coefficient (Wildman–Crippen LogP) is 3.68. The fourth-order valence-electron chi connectivity index (χ4n) is 1.82. The first kappa shape index (κ1) is 13.2. The second-order valence-corrected chi connectivity index (χ2v) is 5.47. The second-order valence-electron chi connectivity index (χ2n) is 4.58. The van der Waals surface area contributed by atoms with E-state index in [4.69, 9.17) is 0 Å². The van der Waals surface area contributed by atoms with Crippen LogP contribution in [0.15, 0.2) is 29.6 Å². The fraction of sp³-hybridized carbons (Fsp3) is 0.357. The molecule has 1 atom stereocenters. The van der Waals surface area contributed by atoms with Gasteiger partial charge in [0.15, 0.2) is 0 Å². The van der Waals surface area contributed by atoms with Crippen molar-refractivity contribution in [3.8, 4) is 11.3 Å². The van der Waals surface area contributed by atoms with Crippen LogP contribution in [0.2, 0.25) is 0 Å². The average molecular weight is 265 g/mol. The van der Waals surface area contributed by atoms with E-state index in [2.05, 4.69) is 4.98 Å². The van der Waals surface area contributed by atoms with E-state index in [-0.39, 0.29) is 18.3 Å². The van der Waals surface area contributed by atoms with Crippen molar-refractivity contribution in [3.63, 3.8) is 0 Å². The molecule has 0 spiro atoms. The number of rotatable bonds is 4. The molecule has 0 fully saturated rings. The lowest BCUT2D eigenvalue weighted by Crippen LogP contribution is -2.10. The molecular weight excluding hydrogens is 249 g/mol. The molecule has 18 heavy (non-hydrogen) atoms. The molecule has 2 rings (SSSR count). The Hall–Kier alpha value is -1.26. The van der Waals surface area contributed by atoms with E-state index >= 15 is 0 Å². The zero-order valence-corrected chi connectivity index (χ0v) is 11.2. The Bertz CT molecular complexity index is 524. The first-order chi connectivity index (χ1) is 8.63. The van der Waals surface area contributed by atoms with Crippen LogP contribution in [-0.2, 0) is 0 Å². The van der Waals surface area contributed by atoms with Crippen molar-refractivity contribution in [3.05, 3.63) is 40.5 Å². The van der Waals surface area contributed by atoms with Gasteiger partial charge in [0, 0.05) is 16.9 Å². The van der Waals surface area contributed by atoms with Crippen molar-refractivity contribution in [1.29, 1.82) is 0 Å². The summed E-state index contributed by atoms with van der Waals surface area (Å²) in [5, 5.41) is 12.1. The van der Waals surface area contributed by atoms with Crippen LogP contribution in [0.25, 0.3) is 11.3 Å². The molecule has 0 aliphatic carbocycles. The molecule has 0 bridgehead atoms. The number of nitrogens with zero attached hydrogens (tertiary/aromatic N) is 1. The maximum absolute atomic E-state index is 13.6. The van der Waals surface area contributed by atoms with Crippen LogP contribution in [0.3, 0.4) is 0 Å². The normalized spacial score (nSPS) is 12.9. The molecule has 1 unspecified atom stereocenters. The van der Waals surface area contributed by atoms with E-state index in [0.29, 0.717) is 17.2 Å². The van der Waals surface area contributed by atoms with Gasteiger partial charge in [0.25, 0.3) is 0 Å². The first-order valence-corrected chi connectivity index (χ1v) is 6.82. The van der Waals surface area contributed by atoms with Gasteiger partial charge in [-0.2, -0.15) is 0 Å². The molecule has 0 amide bonds. The summed E-state index contributed by atoms with van der Waals surface area (Å²) in [6, 6.07) is 6.61. The standard InChI is InChI=1S/C14H16FNOS/c1-9(2)11(7-17)14-16-13(8-18-14)10-5-3-4-6-12(10)15/h3-6,8-9,11,17H,7H2,1-2H3. The summed E-state index contributed by atoms with van der Waals surface area (Å²) in [5.41, 5.74) is 1.16. The number of aliphatic hydroxyl groups is 1. The third-order valence-corrected chi connectivity index (χ3v) is 3.97. The number of benzene rings is 1. The van der Waals surface area contributed by atoms with E-state index < -0.39 is 0 Å². The van der Waals surface area contributed by atoms with E-state index in [9.17, 15) is 9.50 Å². The highest BCUT2D eigenvalue weighted by Gasteiger charge is 2.19. The lowest BCUT2D eigenvalue weighted by molar-refractivity contribution is 0.237. The van der Waals surface area contributed by atoms with Gasteiger partial charge in [-0.15, -0.1) is 11.3 Å². The van der Waals surface area contributed by atoms with Gasteiger partial charge in [0.05, 0.1) is 17.3 Å². The Kier molecular flexibility index (Phi) is 4.09. The molecule has 1 aromatic carbocycles. The molecule has 0 aliphatic rings. The monoisotopic (exact) mass is 265 g/mol. The summed E-state index contributed by atoms with van der Waals surface area (Å²) >= 11 is 1.48. The van der Waals surface area contributed by atoms with Gasteiger partial charge >= 0.3 is 0 Å². The third-order valence-electron chi connectivity index (χ3n) is 2.99. The minimum atomic E-state index is -0.264. The van der Waals surface area contributed by atoms with Crippen LogP contribution in [0.1, 0.15) is 24.8 Å². The summed E-state index contributed by atoms with van der Waals surface area (Å²) < 4.78 is 13.6. The lowest BCUT2D eigenvalue weighted by atomic mass is 9.98. The van der Waals surface area contributed by atoms with Gasteiger partial charge in [-0.25, -0.2) is 9.37 Å². The molecule has 2 aromatic rings. The summed E-state index contributed by atoms with van der Waals surface area (Å²) in [7, 11) is 0. The zero-order valence-electron chi connectivity index (χ0n) is 10.4. The van der Waals surface area contributed by atoms with Crippen LogP contribution in [-0.4, -0.2) is 16.7 Å². The summed E-state index contributed by atoms with van der Waals surface area (Å²) in [4.78, 5) is 4.45. The van der Waals surface area contributed by atoms with Crippen LogP contribution in [0, 0.1) is 11.7 Å². The highest BCUT2D eigenvalue weighted by Crippen LogP contribution is 2.31. The van der Waals surface area contributed by atoms with E-state index in [1.807, 2.05) is 19.2 Å². The third kappa shape index (κ3) is 2.60. The molecule has 1 heterocycles. The molecule has 2 nitrogen and oxygen atoms in total. The number of halogens is 1. The molecule has 0 saturated heterocycles. The van der Waals surface area contributed by atoms with Gasteiger partial charge in [-0.05, 0) is 18.1 Å². The maximum Gasteiger partial charge on any atom is 0.132 e. The summed E-state index contributed by atoms with van der Waals surface area (Å²) in [6.45, 7) is 4.16.